The second kappa shape index (κ2) is 8.43. The number of aromatic nitrogens is 2. The zero-order valence-electron chi connectivity index (χ0n) is 16.7. The fourth-order valence-electron chi connectivity index (χ4n) is 3.90. The third-order valence-corrected chi connectivity index (χ3v) is 5.58. The van der Waals surface area contributed by atoms with E-state index in [0.717, 1.165) is 54.5 Å². The number of aryl methyl sites for hydroxylation is 1. The topological polar surface area (TPSA) is 30.3 Å². The van der Waals surface area contributed by atoms with Crippen molar-refractivity contribution in [2.75, 3.05) is 20.3 Å². The van der Waals surface area contributed by atoms with Gasteiger partial charge in [-0.15, -0.1) is 0 Å². The molecule has 1 aliphatic rings. The number of hydrogen-bond donors (Lipinski definition) is 0. The van der Waals surface area contributed by atoms with E-state index in [2.05, 4.69) is 11.9 Å². The van der Waals surface area contributed by atoms with Crippen LogP contribution in [0.3, 0.4) is 0 Å². The molecule has 1 aromatic heterocycles. The Kier molecular flexibility index (Phi) is 5.74. The second-order valence-corrected chi connectivity index (χ2v) is 7.62. The lowest BCUT2D eigenvalue weighted by Crippen LogP contribution is -2.36. The van der Waals surface area contributed by atoms with Crippen molar-refractivity contribution in [3.05, 3.63) is 71.4 Å². The summed E-state index contributed by atoms with van der Waals surface area (Å²) in [5.41, 5.74) is 4.19. The molecule has 29 heavy (non-hydrogen) atoms. The Bertz CT molecular complexity index is 996. The Morgan fingerprint density at radius 1 is 1.14 bits per heavy atom. The number of benzene rings is 2. The van der Waals surface area contributed by atoms with E-state index in [9.17, 15) is 8.78 Å². The summed E-state index contributed by atoms with van der Waals surface area (Å²) in [5, 5.41) is 4.70. The van der Waals surface area contributed by atoms with Crippen LogP contribution in [0.1, 0.15) is 24.0 Å². The van der Waals surface area contributed by atoms with Crippen LogP contribution in [0, 0.1) is 18.6 Å². The van der Waals surface area contributed by atoms with Crippen molar-refractivity contribution in [3.8, 4) is 16.9 Å². The molecule has 2 heterocycles. The van der Waals surface area contributed by atoms with Crippen LogP contribution in [-0.2, 0) is 11.3 Å². The van der Waals surface area contributed by atoms with Crippen molar-refractivity contribution >= 4 is 0 Å². The number of rotatable bonds is 5. The molecule has 0 radical (unpaired) electrons. The van der Waals surface area contributed by atoms with Crippen LogP contribution in [0.5, 0.6) is 0 Å². The van der Waals surface area contributed by atoms with Gasteiger partial charge in [0, 0.05) is 49.2 Å². The molecule has 3 aromatic rings. The van der Waals surface area contributed by atoms with Gasteiger partial charge < -0.3 is 4.74 Å². The monoisotopic (exact) mass is 397 g/mol. The Morgan fingerprint density at radius 3 is 2.62 bits per heavy atom. The highest BCUT2D eigenvalue weighted by Gasteiger charge is 2.22. The molecule has 0 atom stereocenters. The third kappa shape index (κ3) is 4.23. The maximum absolute atomic E-state index is 14.4. The van der Waals surface area contributed by atoms with Gasteiger partial charge in [-0.25, -0.2) is 13.5 Å². The Labute approximate surface area is 169 Å². The van der Waals surface area contributed by atoms with Crippen molar-refractivity contribution in [2.45, 2.75) is 32.4 Å². The van der Waals surface area contributed by atoms with Crippen molar-refractivity contribution in [1.29, 1.82) is 0 Å². The van der Waals surface area contributed by atoms with Gasteiger partial charge in [0.15, 0.2) is 5.82 Å². The van der Waals surface area contributed by atoms with Gasteiger partial charge in [-0.2, -0.15) is 5.10 Å². The number of nitrogens with zero attached hydrogens (tertiary/aromatic N) is 3. The van der Waals surface area contributed by atoms with Gasteiger partial charge >= 0.3 is 0 Å². The van der Waals surface area contributed by atoms with Crippen molar-refractivity contribution in [2.24, 2.45) is 0 Å². The molecule has 0 saturated carbocycles. The summed E-state index contributed by atoms with van der Waals surface area (Å²) < 4.78 is 34.7. The zero-order valence-corrected chi connectivity index (χ0v) is 16.7. The highest BCUT2D eigenvalue weighted by Crippen LogP contribution is 2.29. The fraction of sp³-hybridized carbons (Fsp3) is 0.348. The van der Waals surface area contributed by atoms with Crippen molar-refractivity contribution < 1.29 is 13.5 Å². The largest absolute Gasteiger partial charge is 0.381 e. The predicted molar refractivity (Wildman–Crippen MR) is 109 cm³/mol. The molecule has 152 valence electrons. The van der Waals surface area contributed by atoms with Gasteiger partial charge in [-0.1, -0.05) is 24.3 Å². The van der Waals surface area contributed by atoms with Crippen LogP contribution in [0.25, 0.3) is 16.9 Å². The van der Waals surface area contributed by atoms with Crippen LogP contribution in [0.4, 0.5) is 8.78 Å². The SMILES string of the molecule is Cc1ccccc1-c1nn(-c2ccc(F)cc2F)cc1CN(C)C1CCOCC1. The first-order valence-corrected chi connectivity index (χ1v) is 9.91. The molecule has 0 aliphatic carbocycles. The van der Waals surface area contributed by atoms with E-state index in [0.29, 0.717) is 12.6 Å². The minimum absolute atomic E-state index is 0.237. The summed E-state index contributed by atoms with van der Waals surface area (Å²) in [5.74, 6) is -1.23. The number of ether oxygens (including phenoxy) is 1. The molecule has 1 saturated heterocycles. The average Bonchev–Trinajstić information content (AvgIpc) is 3.12. The second-order valence-electron chi connectivity index (χ2n) is 7.62. The van der Waals surface area contributed by atoms with Crippen molar-refractivity contribution in [3.63, 3.8) is 0 Å². The molecular weight excluding hydrogens is 372 g/mol. The van der Waals surface area contributed by atoms with Crippen LogP contribution in [-0.4, -0.2) is 41.0 Å². The summed E-state index contributed by atoms with van der Waals surface area (Å²) >= 11 is 0. The maximum atomic E-state index is 14.4. The molecule has 0 unspecified atom stereocenters. The van der Waals surface area contributed by atoms with E-state index in [1.54, 1.807) is 0 Å². The Balaban J connectivity index is 1.73. The first-order valence-electron chi connectivity index (χ1n) is 9.91. The zero-order chi connectivity index (χ0) is 20.4. The van der Waals surface area contributed by atoms with Gasteiger partial charge in [0.2, 0.25) is 0 Å². The molecule has 1 aliphatic heterocycles. The van der Waals surface area contributed by atoms with Crippen LogP contribution < -0.4 is 0 Å². The van der Waals surface area contributed by atoms with E-state index in [1.807, 2.05) is 37.4 Å². The first-order chi connectivity index (χ1) is 14.0. The van der Waals surface area contributed by atoms with Gasteiger partial charge in [-0.05, 0) is 44.5 Å². The summed E-state index contributed by atoms with van der Waals surface area (Å²) in [6, 6.07) is 12.0. The molecule has 4 rings (SSSR count). The van der Waals surface area contributed by atoms with Crippen LogP contribution in [0.15, 0.2) is 48.7 Å². The molecular formula is C23H25F2N3O. The quantitative estimate of drug-likeness (QED) is 0.623. The molecule has 4 nitrogen and oxygen atoms in total. The highest BCUT2D eigenvalue weighted by atomic mass is 19.1. The minimum Gasteiger partial charge on any atom is -0.381 e. The molecule has 0 bridgehead atoms. The van der Waals surface area contributed by atoms with E-state index >= 15 is 0 Å². The summed E-state index contributed by atoms with van der Waals surface area (Å²) in [6.45, 7) is 4.29. The van der Waals surface area contributed by atoms with Crippen LogP contribution in [0.2, 0.25) is 0 Å². The maximum Gasteiger partial charge on any atom is 0.151 e. The van der Waals surface area contributed by atoms with Crippen LogP contribution >= 0.6 is 0 Å². The fourth-order valence-corrected chi connectivity index (χ4v) is 3.90. The highest BCUT2D eigenvalue weighted by molar-refractivity contribution is 5.66. The smallest absolute Gasteiger partial charge is 0.151 e. The Morgan fingerprint density at radius 2 is 1.90 bits per heavy atom. The molecule has 6 heteroatoms. The van der Waals surface area contributed by atoms with Gasteiger partial charge in [0.25, 0.3) is 0 Å². The van der Waals surface area contributed by atoms with E-state index in [-0.39, 0.29) is 5.69 Å². The lowest BCUT2D eigenvalue weighted by atomic mass is 10.0. The molecule has 2 aromatic carbocycles. The lowest BCUT2D eigenvalue weighted by Gasteiger charge is -2.31. The average molecular weight is 397 g/mol. The van der Waals surface area contributed by atoms with E-state index in [1.165, 1.54) is 16.8 Å². The third-order valence-electron chi connectivity index (χ3n) is 5.58. The van der Waals surface area contributed by atoms with Gasteiger partial charge in [0.1, 0.15) is 11.5 Å². The Hall–Kier alpha value is -2.57. The minimum atomic E-state index is -0.631. The number of halogens is 2. The number of hydrogen-bond acceptors (Lipinski definition) is 3. The van der Waals surface area contributed by atoms with E-state index in [4.69, 9.17) is 9.84 Å². The predicted octanol–water partition coefficient (Wildman–Crippen LogP) is 4.74. The summed E-state index contributed by atoms with van der Waals surface area (Å²) in [6.07, 6.45) is 3.85. The van der Waals surface area contributed by atoms with Gasteiger partial charge in [0.05, 0.1) is 5.69 Å². The van der Waals surface area contributed by atoms with Crippen molar-refractivity contribution in [1.82, 2.24) is 14.7 Å². The molecule has 0 spiro atoms. The molecule has 0 amide bonds. The van der Waals surface area contributed by atoms with E-state index < -0.39 is 11.6 Å². The standard InChI is InChI=1S/C23H25F2N3O/c1-16-5-3-4-6-20(16)23-17(14-27(2)19-9-11-29-12-10-19)15-28(26-23)22-8-7-18(24)13-21(22)25/h3-8,13,15,19H,9-12,14H2,1-2H3. The summed E-state index contributed by atoms with van der Waals surface area (Å²) in [4.78, 5) is 2.31. The molecule has 1 fully saturated rings. The first kappa shape index (κ1) is 19.7. The molecule has 0 N–H and O–H groups in total. The summed E-state index contributed by atoms with van der Waals surface area (Å²) in [7, 11) is 2.10. The lowest BCUT2D eigenvalue weighted by molar-refractivity contribution is 0.0407. The van der Waals surface area contributed by atoms with Gasteiger partial charge in [-0.3, -0.25) is 4.90 Å². The normalized spacial score (nSPS) is 15.2.